The summed E-state index contributed by atoms with van der Waals surface area (Å²) in [6.07, 6.45) is 3.03. The minimum Gasteiger partial charge on any atom is -0.394 e. The lowest BCUT2D eigenvalue weighted by Crippen LogP contribution is -1.99. The molecule has 0 spiro atoms. The highest BCUT2D eigenvalue weighted by Gasteiger charge is 1.82. The van der Waals surface area contributed by atoms with E-state index in [1.165, 1.54) is 0 Å². The minimum absolute atomic E-state index is 0.118. The van der Waals surface area contributed by atoms with Crippen molar-refractivity contribution >= 4 is 11.8 Å². The second-order valence-corrected chi connectivity index (χ2v) is 3.13. The molecule has 0 rings (SSSR count). The van der Waals surface area contributed by atoms with Gasteiger partial charge in [-0.25, -0.2) is 0 Å². The third kappa shape index (κ3) is 10.0. The summed E-state index contributed by atoms with van der Waals surface area (Å²) in [6, 6.07) is 0. The molecule has 3 heteroatoms. The average molecular weight is 176 g/mol. The van der Waals surface area contributed by atoms with Crippen LogP contribution in [0.25, 0.3) is 0 Å². The molecule has 0 fully saturated rings. The smallest absolute Gasteiger partial charge is 0.0697 e. The van der Waals surface area contributed by atoms with Gasteiger partial charge in [-0.05, 0) is 17.6 Å². The molecule has 0 radical (unpaired) electrons. The van der Waals surface area contributed by atoms with Gasteiger partial charge in [-0.1, -0.05) is 13.0 Å². The fourth-order valence-corrected chi connectivity index (χ4v) is 1.01. The molecule has 0 aromatic heterocycles. The zero-order valence-electron chi connectivity index (χ0n) is 6.95. The Morgan fingerprint density at radius 3 is 2.91 bits per heavy atom. The molecule has 0 aliphatic rings. The summed E-state index contributed by atoms with van der Waals surface area (Å²) < 4.78 is 5.05. The SMILES string of the molecule is CCS/C=C\CCOCCO. The highest BCUT2D eigenvalue weighted by molar-refractivity contribution is 8.02. The van der Waals surface area contributed by atoms with Crippen molar-refractivity contribution in [2.45, 2.75) is 13.3 Å². The number of aliphatic hydroxyl groups is 1. The Balaban J connectivity index is 2.89. The summed E-state index contributed by atoms with van der Waals surface area (Å²) in [4.78, 5) is 0. The van der Waals surface area contributed by atoms with Crippen LogP contribution in [0.2, 0.25) is 0 Å². The van der Waals surface area contributed by atoms with Crippen LogP contribution in [0.3, 0.4) is 0 Å². The van der Waals surface area contributed by atoms with Gasteiger partial charge in [0, 0.05) is 0 Å². The van der Waals surface area contributed by atoms with E-state index < -0.39 is 0 Å². The third-order valence-electron chi connectivity index (χ3n) is 1.02. The van der Waals surface area contributed by atoms with E-state index in [1.807, 2.05) is 0 Å². The van der Waals surface area contributed by atoms with Crippen molar-refractivity contribution in [3.63, 3.8) is 0 Å². The first-order valence-electron chi connectivity index (χ1n) is 3.87. The number of hydrogen-bond acceptors (Lipinski definition) is 3. The molecule has 0 atom stereocenters. The van der Waals surface area contributed by atoms with E-state index >= 15 is 0 Å². The van der Waals surface area contributed by atoms with Crippen molar-refractivity contribution in [1.29, 1.82) is 0 Å². The largest absolute Gasteiger partial charge is 0.394 e. The van der Waals surface area contributed by atoms with Gasteiger partial charge in [0.05, 0.1) is 19.8 Å². The Kier molecular flexibility index (Phi) is 10.0. The van der Waals surface area contributed by atoms with E-state index in [0.717, 1.165) is 12.2 Å². The molecule has 0 bridgehead atoms. The molecule has 66 valence electrons. The summed E-state index contributed by atoms with van der Waals surface area (Å²) in [5, 5.41) is 10.4. The van der Waals surface area contributed by atoms with Gasteiger partial charge in [0.1, 0.15) is 0 Å². The normalized spacial score (nSPS) is 11.1. The minimum atomic E-state index is 0.118. The lowest BCUT2D eigenvalue weighted by Gasteiger charge is -1.96. The number of rotatable bonds is 7. The summed E-state index contributed by atoms with van der Waals surface area (Å²) >= 11 is 1.79. The van der Waals surface area contributed by atoms with Gasteiger partial charge in [0.25, 0.3) is 0 Å². The lowest BCUT2D eigenvalue weighted by atomic mass is 10.4. The van der Waals surface area contributed by atoms with Crippen LogP contribution in [0.15, 0.2) is 11.5 Å². The first-order valence-corrected chi connectivity index (χ1v) is 4.92. The fraction of sp³-hybridized carbons (Fsp3) is 0.750. The molecule has 0 amide bonds. The maximum absolute atomic E-state index is 8.36. The van der Waals surface area contributed by atoms with Crippen LogP contribution >= 0.6 is 11.8 Å². The fourth-order valence-electron chi connectivity index (χ4n) is 0.550. The van der Waals surface area contributed by atoms with Gasteiger partial charge in [-0.2, -0.15) is 0 Å². The van der Waals surface area contributed by atoms with Crippen molar-refractivity contribution in [3.05, 3.63) is 11.5 Å². The second kappa shape index (κ2) is 10.0. The third-order valence-corrected chi connectivity index (χ3v) is 1.74. The molecule has 0 aromatic rings. The summed E-state index contributed by atoms with van der Waals surface area (Å²) in [5.74, 6) is 1.12. The Hall–Kier alpha value is 0.01000. The summed E-state index contributed by atoms with van der Waals surface area (Å²) in [7, 11) is 0. The van der Waals surface area contributed by atoms with E-state index in [9.17, 15) is 0 Å². The van der Waals surface area contributed by atoms with Crippen molar-refractivity contribution in [2.75, 3.05) is 25.6 Å². The molecule has 0 unspecified atom stereocenters. The van der Waals surface area contributed by atoms with Crippen molar-refractivity contribution in [1.82, 2.24) is 0 Å². The summed E-state index contributed by atoms with van der Waals surface area (Å²) in [6.45, 7) is 3.40. The van der Waals surface area contributed by atoms with E-state index in [-0.39, 0.29) is 6.61 Å². The average Bonchev–Trinajstić information content (AvgIpc) is 2.03. The number of thioether (sulfide) groups is 1. The molecule has 0 heterocycles. The van der Waals surface area contributed by atoms with Crippen LogP contribution in [-0.4, -0.2) is 30.7 Å². The zero-order valence-corrected chi connectivity index (χ0v) is 7.77. The van der Waals surface area contributed by atoms with Crippen LogP contribution in [0.4, 0.5) is 0 Å². The maximum Gasteiger partial charge on any atom is 0.0697 e. The Bertz CT molecular complexity index is 94.1. The number of ether oxygens (including phenoxy) is 1. The van der Waals surface area contributed by atoms with Crippen LogP contribution < -0.4 is 0 Å². The van der Waals surface area contributed by atoms with E-state index in [1.54, 1.807) is 11.8 Å². The monoisotopic (exact) mass is 176 g/mol. The summed E-state index contributed by atoms with van der Waals surface area (Å²) in [5.41, 5.74) is 0. The van der Waals surface area contributed by atoms with Gasteiger partial charge in [-0.3, -0.25) is 0 Å². The van der Waals surface area contributed by atoms with Gasteiger partial charge >= 0.3 is 0 Å². The molecule has 0 saturated heterocycles. The molecule has 11 heavy (non-hydrogen) atoms. The Morgan fingerprint density at radius 2 is 2.27 bits per heavy atom. The number of aliphatic hydroxyl groups excluding tert-OH is 1. The van der Waals surface area contributed by atoms with Crippen LogP contribution in [0.5, 0.6) is 0 Å². The zero-order chi connectivity index (χ0) is 8.36. The molecule has 0 aliphatic heterocycles. The maximum atomic E-state index is 8.36. The van der Waals surface area contributed by atoms with Crippen LogP contribution in [-0.2, 0) is 4.74 Å². The highest BCUT2D eigenvalue weighted by atomic mass is 32.2. The van der Waals surface area contributed by atoms with Crippen molar-refractivity contribution in [3.8, 4) is 0 Å². The second-order valence-electron chi connectivity index (χ2n) is 1.95. The van der Waals surface area contributed by atoms with Gasteiger partial charge < -0.3 is 9.84 Å². The predicted octanol–water partition coefficient (Wildman–Crippen LogP) is 1.65. The van der Waals surface area contributed by atoms with E-state index in [0.29, 0.717) is 13.2 Å². The Morgan fingerprint density at radius 1 is 1.45 bits per heavy atom. The van der Waals surface area contributed by atoms with Crippen LogP contribution in [0.1, 0.15) is 13.3 Å². The van der Waals surface area contributed by atoms with Gasteiger partial charge in [0.2, 0.25) is 0 Å². The molecule has 0 aliphatic carbocycles. The van der Waals surface area contributed by atoms with Crippen molar-refractivity contribution < 1.29 is 9.84 Å². The topological polar surface area (TPSA) is 29.5 Å². The van der Waals surface area contributed by atoms with Crippen molar-refractivity contribution in [2.24, 2.45) is 0 Å². The molecular weight excluding hydrogens is 160 g/mol. The molecule has 1 N–H and O–H groups in total. The first kappa shape index (κ1) is 11.0. The molecule has 0 aromatic carbocycles. The van der Waals surface area contributed by atoms with Gasteiger partial charge in [0.15, 0.2) is 0 Å². The van der Waals surface area contributed by atoms with Gasteiger partial charge in [-0.15, -0.1) is 11.8 Å². The standard InChI is InChI=1S/C8H16O2S/c1-2-11-8-4-3-6-10-7-5-9/h4,8-9H,2-3,5-7H2,1H3/b8-4-. The lowest BCUT2D eigenvalue weighted by molar-refractivity contribution is 0.0955. The molecule has 0 saturated carbocycles. The Labute approximate surface area is 72.6 Å². The molecule has 2 nitrogen and oxygen atoms in total. The highest BCUT2D eigenvalue weighted by Crippen LogP contribution is 2.00. The van der Waals surface area contributed by atoms with E-state index in [2.05, 4.69) is 18.4 Å². The number of hydrogen-bond donors (Lipinski definition) is 1. The predicted molar refractivity (Wildman–Crippen MR) is 49.8 cm³/mol. The molecular formula is C8H16O2S. The quantitative estimate of drug-likeness (QED) is 0.598. The van der Waals surface area contributed by atoms with E-state index in [4.69, 9.17) is 9.84 Å². The van der Waals surface area contributed by atoms with Crippen LogP contribution in [0, 0.1) is 0 Å². The first-order chi connectivity index (χ1) is 5.41.